The zero-order valence-corrected chi connectivity index (χ0v) is 36.2. The molecule has 0 amide bonds. The number of hydrogen-bond donors (Lipinski definition) is 3. The molecule has 14 heteroatoms. The Morgan fingerprint density at radius 2 is 0.828 bits per heavy atom. The van der Waals surface area contributed by atoms with Gasteiger partial charge in [-0.25, -0.2) is 4.79 Å². The Hall–Kier alpha value is -4.10. The fraction of sp³-hybridized carbons (Fsp3) is 0.705. The number of nitrogens with zero attached hydrogens (tertiary/aromatic N) is 4. The third-order valence-electron chi connectivity index (χ3n) is 10.4. The van der Waals surface area contributed by atoms with E-state index in [-0.39, 0.29) is 90.5 Å². The number of aliphatic hydroxyl groups excluding tert-OH is 3. The molecule has 0 saturated heterocycles. The number of carbonyl (C=O) groups excluding carboxylic acids is 4. The summed E-state index contributed by atoms with van der Waals surface area (Å²) in [5.41, 5.74) is 0.242. The van der Waals surface area contributed by atoms with E-state index in [1.807, 2.05) is 41.5 Å². The minimum atomic E-state index is -1.22. The Kier molecular flexibility index (Phi) is 17.7. The Morgan fingerprint density at radius 3 is 1.07 bits per heavy atom. The second-order valence-corrected chi connectivity index (χ2v) is 18.3. The van der Waals surface area contributed by atoms with Gasteiger partial charge in [-0.1, -0.05) is 41.5 Å². The third-order valence-corrected chi connectivity index (χ3v) is 10.4. The van der Waals surface area contributed by atoms with Gasteiger partial charge in [-0.05, 0) is 56.3 Å². The van der Waals surface area contributed by atoms with Crippen LogP contribution in [0.2, 0.25) is 0 Å². The summed E-state index contributed by atoms with van der Waals surface area (Å²) >= 11 is 0. The lowest BCUT2D eigenvalue weighted by Gasteiger charge is -2.29. The van der Waals surface area contributed by atoms with Gasteiger partial charge >= 0.3 is 0 Å². The van der Waals surface area contributed by atoms with Crippen LogP contribution in [-0.4, -0.2) is 121 Å². The van der Waals surface area contributed by atoms with Gasteiger partial charge < -0.3 is 29.5 Å². The molecule has 0 aromatic carbocycles. The molecule has 0 aromatic rings. The molecule has 0 aromatic heterocycles. The summed E-state index contributed by atoms with van der Waals surface area (Å²) in [7, 11) is 0. The van der Waals surface area contributed by atoms with Gasteiger partial charge in [0.2, 0.25) is 6.08 Å². The summed E-state index contributed by atoms with van der Waals surface area (Å²) in [6.07, 6.45) is 5.42. The minimum Gasteiger partial charge on any atom is -0.511 e. The number of aliphatic imine (C=N–C) groups is 4. The molecule has 0 saturated carbocycles. The minimum absolute atomic E-state index is 0.0171. The van der Waals surface area contributed by atoms with E-state index in [0.717, 1.165) is 0 Å². The van der Waals surface area contributed by atoms with Crippen LogP contribution >= 0.6 is 0 Å². The molecule has 0 aliphatic heterocycles. The Labute approximate surface area is 343 Å². The van der Waals surface area contributed by atoms with Crippen molar-refractivity contribution in [1.82, 2.24) is 0 Å². The fourth-order valence-electron chi connectivity index (χ4n) is 7.68. The molecule has 3 rings (SSSR count). The number of rotatable bonds is 22. The lowest BCUT2D eigenvalue weighted by atomic mass is 9.76. The van der Waals surface area contributed by atoms with Crippen LogP contribution in [0.25, 0.3) is 0 Å². The molecule has 3 aliphatic carbocycles. The molecule has 0 radical (unpaired) electrons. The van der Waals surface area contributed by atoms with Crippen molar-refractivity contribution < 1.29 is 48.7 Å². The van der Waals surface area contributed by atoms with E-state index >= 15 is 0 Å². The van der Waals surface area contributed by atoms with E-state index in [1.165, 1.54) is 0 Å². The molecule has 0 spiro atoms. The number of isocyanates is 1. The topological polar surface area (TPSA) is 206 Å². The molecule has 0 heterocycles. The van der Waals surface area contributed by atoms with Gasteiger partial charge in [0.05, 0.1) is 36.5 Å². The van der Waals surface area contributed by atoms with Gasteiger partial charge in [0.25, 0.3) is 0 Å². The molecule has 322 valence electrons. The molecular weight excluding hydrogens is 745 g/mol. The van der Waals surface area contributed by atoms with Crippen molar-refractivity contribution in [2.24, 2.45) is 36.2 Å². The van der Waals surface area contributed by atoms with Crippen molar-refractivity contribution in [1.29, 1.82) is 0 Å². The number of aliphatic hydroxyl groups is 3. The zero-order chi connectivity index (χ0) is 43.3. The highest BCUT2D eigenvalue weighted by atomic mass is 16.5. The maximum atomic E-state index is 12.7. The van der Waals surface area contributed by atoms with Gasteiger partial charge in [-0.2, -0.15) is 4.99 Å². The van der Waals surface area contributed by atoms with E-state index < -0.39 is 5.54 Å². The molecule has 3 aliphatic rings. The maximum absolute atomic E-state index is 12.7. The van der Waals surface area contributed by atoms with E-state index in [2.05, 4.69) is 20.0 Å². The normalized spacial score (nSPS) is 21.4. The van der Waals surface area contributed by atoms with Gasteiger partial charge in [0.15, 0.2) is 17.3 Å². The first-order valence-electron chi connectivity index (χ1n) is 20.3. The predicted molar refractivity (Wildman–Crippen MR) is 224 cm³/mol. The van der Waals surface area contributed by atoms with Crippen LogP contribution in [0.15, 0.2) is 54.0 Å². The number of ketones is 3. The van der Waals surface area contributed by atoms with Crippen molar-refractivity contribution in [2.45, 2.75) is 126 Å². The van der Waals surface area contributed by atoms with Gasteiger partial charge in [-0.15, -0.1) is 0 Å². The number of hydrogen-bond acceptors (Lipinski definition) is 14. The fourth-order valence-corrected chi connectivity index (χ4v) is 7.68. The SMILES string of the molecule is CC(=NCCCOCC(COCCCN=C(C)C1=C(O)CC(C)(C)CC1=O)(COCCCN=C(C)C1=C(O)CC(C)(C)CC1=O)N=C=O)C1=C(O)CC(C)(C)CC1=O. The predicted octanol–water partition coefficient (Wildman–Crippen LogP) is 7.27. The molecule has 0 bridgehead atoms. The summed E-state index contributed by atoms with van der Waals surface area (Å²) < 4.78 is 17.9. The van der Waals surface area contributed by atoms with Gasteiger partial charge in [-0.3, -0.25) is 29.4 Å². The monoisotopic (exact) mass is 810 g/mol. The number of ether oxygens (including phenoxy) is 3. The summed E-state index contributed by atoms with van der Waals surface area (Å²) in [5.74, 6) is -0.149. The van der Waals surface area contributed by atoms with Gasteiger partial charge in [0, 0.05) is 95.1 Å². The van der Waals surface area contributed by atoms with E-state index in [1.54, 1.807) is 26.9 Å². The molecule has 58 heavy (non-hydrogen) atoms. The van der Waals surface area contributed by atoms with E-state index in [9.17, 15) is 34.5 Å². The van der Waals surface area contributed by atoms with Crippen LogP contribution in [0.3, 0.4) is 0 Å². The maximum Gasteiger partial charge on any atom is 0.235 e. The molecule has 0 atom stereocenters. The van der Waals surface area contributed by atoms with Crippen molar-refractivity contribution >= 4 is 40.6 Å². The molecular formula is C44H66N4O10. The van der Waals surface area contributed by atoms with Crippen LogP contribution in [0.1, 0.15) is 120 Å². The lowest BCUT2D eigenvalue weighted by molar-refractivity contribution is -0.118. The van der Waals surface area contributed by atoms with E-state index in [4.69, 9.17) is 14.2 Å². The summed E-state index contributed by atoms with van der Waals surface area (Å²) in [6, 6.07) is 0. The largest absolute Gasteiger partial charge is 0.511 e. The highest BCUT2D eigenvalue weighted by molar-refractivity contribution is 6.23. The number of Topliss-reactive ketones (excluding diaryl/α,β-unsaturated/α-hetero) is 3. The number of allylic oxidation sites excluding steroid dienone is 6. The van der Waals surface area contributed by atoms with Crippen molar-refractivity contribution in [2.75, 3.05) is 59.3 Å². The number of carbonyl (C=O) groups is 3. The first-order chi connectivity index (χ1) is 27.1. The first-order valence-corrected chi connectivity index (χ1v) is 20.3. The van der Waals surface area contributed by atoms with Crippen LogP contribution in [0.5, 0.6) is 0 Å². The van der Waals surface area contributed by atoms with Crippen molar-refractivity contribution in [3.8, 4) is 0 Å². The average Bonchev–Trinajstić information content (AvgIpc) is 3.06. The third kappa shape index (κ3) is 14.6. The van der Waals surface area contributed by atoms with Crippen LogP contribution in [-0.2, 0) is 33.4 Å². The Bertz CT molecular complexity index is 1580. The van der Waals surface area contributed by atoms with Crippen LogP contribution < -0.4 is 0 Å². The molecule has 3 N–H and O–H groups in total. The standard InChI is InChI=1S/C44H66N4O10/c1-29(38-32(50)19-41(4,5)20-33(38)51)45-13-10-16-56-25-44(48-28-49,26-57-17-11-14-46-30(2)39-34(52)21-42(6,7)22-35(39)53)27-58-18-12-15-47-31(3)40-36(54)23-43(8,9)24-37(40)55/h50,52,54H,10-27H2,1-9H3. The van der Waals surface area contributed by atoms with Gasteiger partial charge in [0.1, 0.15) is 22.8 Å². The highest BCUT2D eigenvalue weighted by Crippen LogP contribution is 2.38. The first kappa shape index (κ1) is 48.3. The van der Waals surface area contributed by atoms with E-state index in [0.29, 0.717) is 111 Å². The second kappa shape index (κ2) is 21.2. The summed E-state index contributed by atoms with van der Waals surface area (Å²) in [5, 5.41) is 31.6. The Morgan fingerprint density at radius 1 is 0.552 bits per heavy atom. The van der Waals surface area contributed by atoms with Crippen molar-refractivity contribution in [3.63, 3.8) is 0 Å². The van der Waals surface area contributed by atoms with Crippen LogP contribution in [0, 0.1) is 16.2 Å². The Balaban J connectivity index is 1.59. The smallest absolute Gasteiger partial charge is 0.235 e. The summed E-state index contributed by atoms with van der Waals surface area (Å²) in [4.78, 5) is 67.4. The quantitative estimate of drug-likeness (QED) is 0.0566. The molecule has 0 unspecified atom stereocenters. The lowest BCUT2D eigenvalue weighted by Crippen LogP contribution is -2.43. The average molecular weight is 811 g/mol. The molecule has 14 nitrogen and oxygen atoms in total. The summed E-state index contributed by atoms with van der Waals surface area (Å²) in [6.45, 7) is 18.6. The second-order valence-electron chi connectivity index (χ2n) is 18.3. The molecule has 0 fully saturated rings. The highest BCUT2D eigenvalue weighted by Gasteiger charge is 2.36. The van der Waals surface area contributed by atoms with Crippen molar-refractivity contribution in [3.05, 3.63) is 34.0 Å². The zero-order valence-electron chi connectivity index (χ0n) is 36.2. The van der Waals surface area contributed by atoms with Crippen LogP contribution in [0.4, 0.5) is 0 Å².